The summed E-state index contributed by atoms with van der Waals surface area (Å²) in [4.78, 5) is 12.7. The highest BCUT2D eigenvalue weighted by Crippen LogP contribution is 2.25. The molecule has 0 aromatic heterocycles. The maximum atomic E-state index is 12.8. The van der Waals surface area contributed by atoms with E-state index in [-0.39, 0.29) is 29.4 Å². The lowest BCUT2D eigenvalue weighted by Gasteiger charge is -2.31. The molecular formula is C17H23BrN2O4S. The fraction of sp³-hybridized carbons (Fsp3) is 0.588. The lowest BCUT2D eigenvalue weighted by atomic mass is 9.99. The van der Waals surface area contributed by atoms with Gasteiger partial charge in [-0.05, 0) is 49.9 Å². The van der Waals surface area contributed by atoms with Crippen molar-refractivity contribution in [3.05, 3.63) is 28.7 Å². The summed E-state index contributed by atoms with van der Waals surface area (Å²) in [6, 6.07) is 6.59. The molecule has 0 spiro atoms. The highest BCUT2D eigenvalue weighted by Gasteiger charge is 2.33. The molecule has 2 heterocycles. The molecule has 0 radical (unpaired) electrons. The molecule has 0 unspecified atom stereocenters. The van der Waals surface area contributed by atoms with Crippen molar-refractivity contribution in [2.75, 3.05) is 26.2 Å². The van der Waals surface area contributed by atoms with Crippen LogP contribution in [0.3, 0.4) is 0 Å². The lowest BCUT2D eigenvalue weighted by Crippen LogP contribution is -2.46. The second-order valence-corrected chi connectivity index (χ2v) is 9.39. The summed E-state index contributed by atoms with van der Waals surface area (Å²) in [6.45, 7) is 1.95. The Labute approximate surface area is 157 Å². The molecule has 1 aromatic carbocycles. The van der Waals surface area contributed by atoms with Gasteiger partial charge in [0.25, 0.3) is 0 Å². The predicted octanol–water partition coefficient (Wildman–Crippen LogP) is 2.14. The van der Waals surface area contributed by atoms with E-state index < -0.39 is 10.0 Å². The smallest absolute Gasteiger partial charge is 0.243 e. The van der Waals surface area contributed by atoms with Crippen LogP contribution in [0.15, 0.2) is 33.6 Å². The van der Waals surface area contributed by atoms with Gasteiger partial charge in [0.05, 0.1) is 16.9 Å². The number of nitrogens with one attached hydrogen (secondary N) is 1. The number of piperidine rings is 1. The van der Waals surface area contributed by atoms with Crippen molar-refractivity contribution in [2.24, 2.45) is 5.92 Å². The van der Waals surface area contributed by atoms with Gasteiger partial charge in [0.1, 0.15) is 0 Å². The number of sulfonamides is 1. The van der Waals surface area contributed by atoms with Gasteiger partial charge in [-0.2, -0.15) is 4.31 Å². The number of ether oxygens (including phenoxy) is 1. The SMILES string of the molecule is O=C(NC[C@H]1CCCO1)[C@@H]1CCCN(S(=O)(=O)c2ccc(Br)cc2)C1. The first kappa shape index (κ1) is 18.8. The Kier molecular flexibility index (Phi) is 6.14. The summed E-state index contributed by atoms with van der Waals surface area (Å²) < 4.78 is 33.4. The summed E-state index contributed by atoms with van der Waals surface area (Å²) in [5.74, 6) is -0.383. The lowest BCUT2D eigenvalue weighted by molar-refractivity contribution is -0.126. The molecule has 138 valence electrons. The third kappa shape index (κ3) is 4.61. The van der Waals surface area contributed by atoms with Crippen molar-refractivity contribution >= 4 is 31.9 Å². The van der Waals surface area contributed by atoms with Gasteiger partial charge >= 0.3 is 0 Å². The van der Waals surface area contributed by atoms with Crippen molar-refractivity contribution in [2.45, 2.75) is 36.7 Å². The third-order valence-corrected chi connectivity index (χ3v) is 7.14. The molecule has 2 atom stereocenters. The van der Waals surface area contributed by atoms with Crippen molar-refractivity contribution in [3.63, 3.8) is 0 Å². The number of rotatable bonds is 5. The van der Waals surface area contributed by atoms with Crippen LogP contribution < -0.4 is 5.32 Å². The molecule has 2 fully saturated rings. The minimum atomic E-state index is -3.57. The normalized spacial score (nSPS) is 25.0. The minimum absolute atomic E-state index is 0.0776. The van der Waals surface area contributed by atoms with E-state index in [1.165, 1.54) is 4.31 Å². The molecule has 25 heavy (non-hydrogen) atoms. The van der Waals surface area contributed by atoms with Crippen LogP contribution in [0.1, 0.15) is 25.7 Å². The topological polar surface area (TPSA) is 75.7 Å². The van der Waals surface area contributed by atoms with Gasteiger partial charge in [0.2, 0.25) is 15.9 Å². The zero-order valence-corrected chi connectivity index (χ0v) is 16.4. The molecule has 6 nitrogen and oxygen atoms in total. The Morgan fingerprint density at radius 1 is 1.24 bits per heavy atom. The zero-order chi connectivity index (χ0) is 17.9. The van der Waals surface area contributed by atoms with Gasteiger partial charge < -0.3 is 10.1 Å². The van der Waals surface area contributed by atoms with Crippen LogP contribution in [0, 0.1) is 5.92 Å². The van der Waals surface area contributed by atoms with Gasteiger partial charge in [-0.25, -0.2) is 8.42 Å². The summed E-state index contributed by atoms with van der Waals surface area (Å²) in [6.07, 6.45) is 3.49. The zero-order valence-electron chi connectivity index (χ0n) is 14.0. The Balaban J connectivity index is 1.61. The van der Waals surface area contributed by atoms with Crippen LogP contribution in [0.2, 0.25) is 0 Å². The number of benzene rings is 1. The summed E-state index contributed by atoms with van der Waals surface area (Å²) >= 11 is 3.31. The van der Waals surface area contributed by atoms with Gasteiger partial charge in [-0.3, -0.25) is 4.79 Å². The fourth-order valence-electron chi connectivity index (χ4n) is 3.29. The Morgan fingerprint density at radius 2 is 2.00 bits per heavy atom. The van der Waals surface area contributed by atoms with Crippen LogP contribution >= 0.6 is 15.9 Å². The molecule has 1 N–H and O–H groups in total. The average Bonchev–Trinajstić information content (AvgIpc) is 3.14. The number of carbonyl (C=O) groups excluding carboxylic acids is 1. The maximum absolute atomic E-state index is 12.8. The Morgan fingerprint density at radius 3 is 2.68 bits per heavy atom. The van der Waals surface area contributed by atoms with E-state index in [1.807, 2.05) is 0 Å². The fourth-order valence-corrected chi connectivity index (χ4v) is 5.08. The first-order valence-electron chi connectivity index (χ1n) is 8.62. The van der Waals surface area contributed by atoms with Crippen molar-refractivity contribution in [1.29, 1.82) is 0 Å². The molecular weight excluding hydrogens is 408 g/mol. The molecule has 0 bridgehead atoms. The number of hydrogen-bond donors (Lipinski definition) is 1. The van der Waals surface area contributed by atoms with Crippen molar-refractivity contribution < 1.29 is 17.9 Å². The van der Waals surface area contributed by atoms with Gasteiger partial charge in [-0.15, -0.1) is 0 Å². The molecule has 0 aliphatic carbocycles. The van der Waals surface area contributed by atoms with Crippen molar-refractivity contribution in [3.8, 4) is 0 Å². The van der Waals surface area contributed by atoms with Crippen LogP contribution in [-0.4, -0.2) is 51.0 Å². The number of halogens is 1. The molecule has 8 heteroatoms. The quantitative estimate of drug-likeness (QED) is 0.776. The second kappa shape index (κ2) is 8.16. The maximum Gasteiger partial charge on any atom is 0.243 e. The van der Waals surface area contributed by atoms with E-state index in [0.717, 1.165) is 23.9 Å². The minimum Gasteiger partial charge on any atom is -0.376 e. The van der Waals surface area contributed by atoms with E-state index >= 15 is 0 Å². The molecule has 0 saturated carbocycles. The largest absolute Gasteiger partial charge is 0.376 e. The van der Waals surface area contributed by atoms with Gasteiger partial charge in [0, 0.05) is 30.7 Å². The monoisotopic (exact) mass is 430 g/mol. The van der Waals surface area contributed by atoms with E-state index in [0.29, 0.717) is 25.9 Å². The van der Waals surface area contributed by atoms with Gasteiger partial charge in [0.15, 0.2) is 0 Å². The highest BCUT2D eigenvalue weighted by atomic mass is 79.9. The molecule has 2 aliphatic rings. The van der Waals surface area contributed by atoms with Gasteiger partial charge in [-0.1, -0.05) is 15.9 Å². The summed E-state index contributed by atoms with van der Waals surface area (Å²) in [7, 11) is -3.57. The summed E-state index contributed by atoms with van der Waals surface area (Å²) in [5, 5.41) is 2.92. The second-order valence-electron chi connectivity index (χ2n) is 6.54. The molecule has 2 saturated heterocycles. The first-order chi connectivity index (χ1) is 12.0. The van der Waals surface area contributed by atoms with Crippen LogP contribution in [-0.2, 0) is 19.6 Å². The standard InChI is InChI=1S/C17H23BrN2O4S/c18-14-5-7-16(8-6-14)25(22,23)20-9-1-3-13(12-20)17(21)19-11-15-4-2-10-24-15/h5-8,13,15H,1-4,9-12H2,(H,19,21)/t13-,15-/m1/s1. The van der Waals surface area contributed by atoms with E-state index in [4.69, 9.17) is 4.74 Å². The third-order valence-electron chi connectivity index (χ3n) is 4.73. The number of hydrogen-bond acceptors (Lipinski definition) is 4. The van der Waals surface area contributed by atoms with Crippen LogP contribution in [0.5, 0.6) is 0 Å². The molecule has 3 rings (SSSR count). The van der Waals surface area contributed by atoms with E-state index in [1.54, 1.807) is 24.3 Å². The number of carbonyl (C=O) groups is 1. The highest BCUT2D eigenvalue weighted by molar-refractivity contribution is 9.10. The van der Waals surface area contributed by atoms with Crippen molar-refractivity contribution in [1.82, 2.24) is 9.62 Å². The van der Waals surface area contributed by atoms with E-state index in [9.17, 15) is 13.2 Å². The molecule has 1 aromatic rings. The first-order valence-corrected chi connectivity index (χ1v) is 10.8. The van der Waals surface area contributed by atoms with Crippen LogP contribution in [0.4, 0.5) is 0 Å². The summed E-state index contributed by atoms with van der Waals surface area (Å²) in [5.41, 5.74) is 0. The van der Waals surface area contributed by atoms with E-state index in [2.05, 4.69) is 21.2 Å². The molecule has 1 amide bonds. The molecule has 2 aliphatic heterocycles. The Hall–Kier alpha value is -0.960. The average molecular weight is 431 g/mol. The Bertz CT molecular complexity index is 702. The van der Waals surface area contributed by atoms with Crippen LogP contribution in [0.25, 0.3) is 0 Å². The predicted molar refractivity (Wildman–Crippen MR) is 97.6 cm³/mol. The number of amides is 1. The number of nitrogens with zero attached hydrogens (tertiary/aromatic N) is 1.